The number of rotatable bonds is 6. The van der Waals surface area contributed by atoms with Crippen molar-refractivity contribution in [3.8, 4) is 0 Å². The Morgan fingerprint density at radius 1 is 1.13 bits per heavy atom. The van der Waals surface area contributed by atoms with Crippen LogP contribution >= 0.6 is 11.3 Å². The number of hydrogen-bond acceptors (Lipinski definition) is 4. The van der Waals surface area contributed by atoms with E-state index in [9.17, 15) is 9.59 Å². The van der Waals surface area contributed by atoms with E-state index in [1.54, 1.807) is 6.07 Å². The van der Waals surface area contributed by atoms with Gasteiger partial charge < -0.3 is 10.1 Å². The van der Waals surface area contributed by atoms with Gasteiger partial charge in [-0.2, -0.15) is 0 Å². The van der Waals surface area contributed by atoms with Gasteiger partial charge in [0.1, 0.15) is 0 Å². The van der Waals surface area contributed by atoms with Crippen molar-refractivity contribution in [2.45, 2.75) is 32.2 Å². The van der Waals surface area contributed by atoms with Crippen molar-refractivity contribution in [1.29, 1.82) is 0 Å². The van der Waals surface area contributed by atoms with Gasteiger partial charge in [0, 0.05) is 0 Å². The highest BCUT2D eigenvalue weighted by molar-refractivity contribution is 7.12. The largest absolute Gasteiger partial charge is 0.469 e. The molecule has 1 N–H and O–H groups in total. The van der Waals surface area contributed by atoms with E-state index in [0.29, 0.717) is 10.8 Å². The van der Waals surface area contributed by atoms with E-state index in [2.05, 4.69) is 19.2 Å². The van der Waals surface area contributed by atoms with Gasteiger partial charge >= 0.3 is 5.97 Å². The van der Waals surface area contributed by atoms with Crippen molar-refractivity contribution in [2.24, 2.45) is 0 Å². The summed E-state index contributed by atoms with van der Waals surface area (Å²) in [7, 11) is 1.35. The molecule has 0 aliphatic carbocycles. The molecule has 1 amide bonds. The second-order valence-electron chi connectivity index (χ2n) is 5.60. The fraction of sp³-hybridized carbons (Fsp3) is 0.333. The minimum Gasteiger partial charge on any atom is -0.469 e. The number of carbonyl (C=O) groups is 2. The number of amides is 1. The molecule has 0 bridgehead atoms. The number of nitrogens with one attached hydrogen (secondary N) is 1. The highest BCUT2D eigenvalue weighted by Crippen LogP contribution is 2.22. The monoisotopic (exact) mass is 331 g/mol. The second kappa shape index (κ2) is 7.92. The molecule has 1 heterocycles. The SMILES string of the molecule is COC(=O)C[C@H](NC(=O)c1cccs1)c1ccc(C(C)C)cc1. The van der Waals surface area contributed by atoms with Gasteiger partial charge in [0.2, 0.25) is 0 Å². The molecule has 0 unspecified atom stereocenters. The van der Waals surface area contributed by atoms with Crippen LogP contribution in [-0.2, 0) is 9.53 Å². The van der Waals surface area contributed by atoms with Gasteiger partial charge in [-0.05, 0) is 28.5 Å². The first-order valence-electron chi connectivity index (χ1n) is 7.52. The zero-order valence-corrected chi connectivity index (χ0v) is 14.4. The average molecular weight is 331 g/mol. The third-order valence-electron chi connectivity index (χ3n) is 3.65. The van der Waals surface area contributed by atoms with Crippen molar-refractivity contribution in [1.82, 2.24) is 5.32 Å². The van der Waals surface area contributed by atoms with Crippen LogP contribution in [0.15, 0.2) is 41.8 Å². The normalized spacial score (nSPS) is 12.0. The summed E-state index contributed by atoms with van der Waals surface area (Å²) in [5.41, 5.74) is 2.11. The molecule has 1 aromatic heterocycles. The lowest BCUT2D eigenvalue weighted by Gasteiger charge is -2.18. The summed E-state index contributed by atoms with van der Waals surface area (Å²) < 4.78 is 4.75. The maximum Gasteiger partial charge on any atom is 0.307 e. The van der Waals surface area contributed by atoms with Gasteiger partial charge in [0.25, 0.3) is 5.91 Å². The molecule has 122 valence electrons. The van der Waals surface area contributed by atoms with Crippen molar-refractivity contribution in [3.63, 3.8) is 0 Å². The van der Waals surface area contributed by atoms with Gasteiger partial charge in [-0.1, -0.05) is 44.2 Å². The van der Waals surface area contributed by atoms with Crippen LogP contribution in [0.25, 0.3) is 0 Å². The van der Waals surface area contributed by atoms with Crippen molar-refractivity contribution in [3.05, 3.63) is 57.8 Å². The van der Waals surface area contributed by atoms with Gasteiger partial charge in [-0.15, -0.1) is 11.3 Å². The lowest BCUT2D eigenvalue weighted by molar-refractivity contribution is -0.141. The Hall–Kier alpha value is -2.14. The van der Waals surface area contributed by atoms with Crippen LogP contribution < -0.4 is 5.32 Å². The van der Waals surface area contributed by atoms with E-state index in [1.807, 2.05) is 35.7 Å². The third kappa shape index (κ3) is 4.66. The van der Waals surface area contributed by atoms with Crippen LogP contribution in [0.2, 0.25) is 0 Å². The fourth-order valence-electron chi connectivity index (χ4n) is 2.25. The molecule has 0 aliphatic rings. The first-order chi connectivity index (χ1) is 11.0. The van der Waals surface area contributed by atoms with E-state index in [1.165, 1.54) is 24.0 Å². The fourth-order valence-corrected chi connectivity index (χ4v) is 2.88. The molecule has 2 aromatic rings. The molecule has 4 nitrogen and oxygen atoms in total. The van der Waals surface area contributed by atoms with Crippen LogP contribution in [0.3, 0.4) is 0 Å². The average Bonchev–Trinajstić information content (AvgIpc) is 3.08. The summed E-state index contributed by atoms with van der Waals surface area (Å²) in [6, 6.07) is 11.2. The minimum absolute atomic E-state index is 0.106. The number of benzene rings is 1. The zero-order chi connectivity index (χ0) is 16.8. The van der Waals surface area contributed by atoms with E-state index in [4.69, 9.17) is 4.74 Å². The summed E-state index contributed by atoms with van der Waals surface area (Å²) in [6.07, 6.45) is 0.106. The van der Waals surface area contributed by atoms with E-state index in [0.717, 1.165) is 5.56 Å². The predicted octanol–water partition coefficient (Wildman–Crippen LogP) is 3.91. The molecule has 0 fully saturated rings. The van der Waals surface area contributed by atoms with Crippen molar-refractivity contribution >= 4 is 23.2 Å². The number of ether oxygens (including phenoxy) is 1. The number of thiophene rings is 1. The molecule has 23 heavy (non-hydrogen) atoms. The number of hydrogen-bond donors (Lipinski definition) is 1. The van der Waals surface area contributed by atoms with Crippen LogP contribution in [-0.4, -0.2) is 19.0 Å². The standard InChI is InChI=1S/C18H21NO3S/c1-12(2)13-6-8-14(9-7-13)15(11-17(20)22-3)19-18(21)16-5-4-10-23-16/h4-10,12,15H,11H2,1-3H3,(H,19,21)/t15-/m0/s1. The second-order valence-corrected chi connectivity index (χ2v) is 6.55. The molecule has 1 aromatic carbocycles. The van der Waals surface area contributed by atoms with Crippen molar-refractivity contribution in [2.75, 3.05) is 7.11 Å². The van der Waals surface area contributed by atoms with Crippen LogP contribution in [0.1, 0.15) is 53.0 Å². The number of carbonyl (C=O) groups excluding carboxylic acids is 2. The highest BCUT2D eigenvalue weighted by Gasteiger charge is 2.20. The smallest absolute Gasteiger partial charge is 0.307 e. The maximum atomic E-state index is 12.3. The van der Waals surface area contributed by atoms with Gasteiger partial charge in [-0.3, -0.25) is 9.59 Å². The van der Waals surface area contributed by atoms with E-state index in [-0.39, 0.29) is 18.3 Å². The molecular weight excluding hydrogens is 310 g/mol. The van der Waals surface area contributed by atoms with Gasteiger partial charge in [-0.25, -0.2) is 0 Å². The predicted molar refractivity (Wildman–Crippen MR) is 91.7 cm³/mol. The molecule has 0 aliphatic heterocycles. The molecule has 0 spiro atoms. The molecule has 0 saturated heterocycles. The Morgan fingerprint density at radius 3 is 2.30 bits per heavy atom. The highest BCUT2D eigenvalue weighted by atomic mass is 32.1. The minimum atomic E-state index is -0.404. The summed E-state index contributed by atoms with van der Waals surface area (Å²) in [6.45, 7) is 4.25. The van der Waals surface area contributed by atoms with E-state index >= 15 is 0 Å². The van der Waals surface area contributed by atoms with Crippen LogP contribution in [0, 0.1) is 0 Å². The summed E-state index contributed by atoms with van der Waals surface area (Å²) in [5, 5.41) is 4.77. The molecular formula is C18H21NO3S. The van der Waals surface area contributed by atoms with Crippen LogP contribution in [0.5, 0.6) is 0 Å². The Bertz CT molecular complexity index is 647. The van der Waals surface area contributed by atoms with Gasteiger partial charge in [0.05, 0.1) is 24.4 Å². The first kappa shape index (κ1) is 17.2. The van der Waals surface area contributed by atoms with Gasteiger partial charge in [0.15, 0.2) is 0 Å². The maximum absolute atomic E-state index is 12.3. The topological polar surface area (TPSA) is 55.4 Å². The molecule has 0 saturated carbocycles. The quantitative estimate of drug-likeness (QED) is 0.817. The van der Waals surface area contributed by atoms with E-state index < -0.39 is 6.04 Å². The van der Waals surface area contributed by atoms with Crippen molar-refractivity contribution < 1.29 is 14.3 Å². The Labute approximate surface area is 140 Å². The first-order valence-corrected chi connectivity index (χ1v) is 8.40. The molecule has 1 atom stereocenters. The lowest BCUT2D eigenvalue weighted by Crippen LogP contribution is -2.30. The summed E-state index contributed by atoms with van der Waals surface area (Å²) >= 11 is 1.37. The molecule has 0 radical (unpaired) electrons. The Kier molecular flexibility index (Phi) is 5.93. The number of esters is 1. The summed E-state index contributed by atoms with van der Waals surface area (Å²) in [4.78, 5) is 24.6. The third-order valence-corrected chi connectivity index (χ3v) is 4.52. The molecule has 2 rings (SSSR count). The summed E-state index contributed by atoms with van der Waals surface area (Å²) in [5.74, 6) is -0.0972. The molecule has 5 heteroatoms. The number of methoxy groups -OCH3 is 1. The lowest BCUT2D eigenvalue weighted by atomic mass is 9.97. The van der Waals surface area contributed by atoms with Crippen LogP contribution in [0.4, 0.5) is 0 Å². The Morgan fingerprint density at radius 2 is 1.78 bits per heavy atom. The Balaban J connectivity index is 2.19. The zero-order valence-electron chi connectivity index (χ0n) is 13.5.